The molecule has 2 heteroatoms. The highest BCUT2D eigenvalue weighted by Gasteiger charge is 2.17. The monoisotopic (exact) mass is 234 g/mol. The Morgan fingerprint density at radius 3 is 2.53 bits per heavy atom. The van der Waals surface area contributed by atoms with Gasteiger partial charge in [-0.3, -0.25) is 4.79 Å². The average Bonchev–Trinajstić information content (AvgIpc) is 2.38. The summed E-state index contributed by atoms with van der Waals surface area (Å²) in [4.78, 5) is 11.8. The summed E-state index contributed by atoms with van der Waals surface area (Å²) in [5, 5.41) is 0. The van der Waals surface area contributed by atoms with Crippen LogP contribution in [-0.2, 0) is 16.1 Å². The summed E-state index contributed by atoms with van der Waals surface area (Å²) in [6.45, 7) is 4.58. The van der Waals surface area contributed by atoms with E-state index in [2.05, 4.69) is 6.92 Å². The number of hydrogen-bond donors (Lipinski definition) is 0. The molecule has 2 nitrogen and oxygen atoms in total. The number of hydrogen-bond acceptors (Lipinski definition) is 2. The molecule has 0 N–H and O–H groups in total. The average molecular weight is 234 g/mol. The van der Waals surface area contributed by atoms with Gasteiger partial charge in [0.1, 0.15) is 6.61 Å². The fourth-order valence-corrected chi connectivity index (χ4v) is 1.79. The first-order valence-corrected chi connectivity index (χ1v) is 6.48. The molecule has 0 bridgehead atoms. The van der Waals surface area contributed by atoms with Crippen molar-refractivity contribution >= 4 is 5.97 Å². The Morgan fingerprint density at radius 2 is 1.94 bits per heavy atom. The van der Waals surface area contributed by atoms with Crippen LogP contribution in [0.1, 0.15) is 45.1 Å². The number of benzene rings is 1. The van der Waals surface area contributed by atoms with Gasteiger partial charge in [-0.2, -0.15) is 0 Å². The van der Waals surface area contributed by atoms with E-state index in [-0.39, 0.29) is 11.9 Å². The van der Waals surface area contributed by atoms with E-state index in [1.54, 1.807) is 0 Å². The number of rotatable bonds is 7. The lowest BCUT2D eigenvalue weighted by Gasteiger charge is -2.13. The largest absolute Gasteiger partial charge is 0.461 e. The maximum Gasteiger partial charge on any atom is 0.309 e. The molecule has 0 aromatic heterocycles. The van der Waals surface area contributed by atoms with Crippen LogP contribution in [0.15, 0.2) is 30.3 Å². The van der Waals surface area contributed by atoms with Crippen molar-refractivity contribution in [1.82, 2.24) is 0 Å². The van der Waals surface area contributed by atoms with E-state index in [1.807, 2.05) is 37.3 Å². The standard InChI is InChI=1S/C15H22O2/c1-3-5-11-14(4-2)15(16)17-12-13-9-7-6-8-10-13/h6-10,14H,3-5,11-12H2,1-2H3/t14-/m0/s1. The van der Waals surface area contributed by atoms with Gasteiger partial charge in [0.15, 0.2) is 0 Å². The number of ether oxygens (including phenoxy) is 1. The van der Waals surface area contributed by atoms with Crippen molar-refractivity contribution in [3.05, 3.63) is 35.9 Å². The first-order valence-electron chi connectivity index (χ1n) is 6.48. The van der Waals surface area contributed by atoms with Crippen molar-refractivity contribution < 1.29 is 9.53 Å². The van der Waals surface area contributed by atoms with E-state index in [1.165, 1.54) is 0 Å². The highest BCUT2D eigenvalue weighted by Crippen LogP contribution is 2.15. The Labute approximate surface area is 104 Å². The first-order chi connectivity index (χ1) is 8.27. The van der Waals surface area contributed by atoms with Crippen LogP contribution >= 0.6 is 0 Å². The summed E-state index contributed by atoms with van der Waals surface area (Å²) in [6.07, 6.45) is 4.04. The summed E-state index contributed by atoms with van der Waals surface area (Å²) >= 11 is 0. The van der Waals surface area contributed by atoms with E-state index in [0.717, 1.165) is 31.2 Å². The molecule has 0 saturated heterocycles. The van der Waals surface area contributed by atoms with Gasteiger partial charge >= 0.3 is 5.97 Å². The molecular weight excluding hydrogens is 212 g/mol. The highest BCUT2D eigenvalue weighted by molar-refractivity contribution is 5.72. The zero-order valence-electron chi connectivity index (χ0n) is 10.8. The third kappa shape index (κ3) is 5.03. The van der Waals surface area contributed by atoms with Gasteiger partial charge in [-0.05, 0) is 18.4 Å². The van der Waals surface area contributed by atoms with Crippen molar-refractivity contribution in [3.8, 4) is 0 Å². The Hall–Kier alpha value is -1.31. The van der Waals surface area contributed by atoms with E-state index < -0.39 is 0 Å². The van der Waals surface area contributed by atoms with Crippen molar-refractivity contribution in [2.45, 2.75) is 46.1 Å². The maximum absolute atomic E-state index is 11.8. The van der Waals surface area contributed by atoms with Crippen LogP contribution in [0.3, 0.4) is 0 Å². The van der Waals surface area contributed by atoms with Crippen LogP contribution in [-0.4, -0.2) is 5.97 Å². The van der Waals surface area contributed by atoms with Crippen LogP contribution in [0, 0.1) is 5.92 Å². The van der Waals surface area contributed by atoms with E-state index in [0.29, 0.717) is 6.61 Å². The van der Waals surface area contributed by atoms with Gasteiger partial charge in [0.05, 0.1) is 5.92 Å². The Kier molecular flexibility index (Phi) is 6.38. The minimum Gasteiger partial charge on any atom is -0.461 e. The molecular formula is C15H22O2. The molecule has 0 radical (unpaired) electrons. The highest BCUT2D eigenvalue weighted by atomic mass is 16.5. The molecule has 0 spiro atoms. The van der Waals surface area contributed by atoms with Gasteiger partial charge in [0, 0.05) is 0 Å². The lowest BCUT2D eigenvalue weighted by molar-refractivity contribution is -0.150. The molecule has 17 heavy (non-hydrogen) atoms. The molecule has 0 heterocycles. The fourth-order valence-electron chi connectivity index (χ4n) is 1.79. The second kappa shape index (κ2) is 7.88. The van der Waals surface area contributed by atoms with Crippen LogP contribution in [0.25, 0.3) is 0 Å². The van der Waals surface area contributed by atoms with Crippen LogP contribution in [0.5, 0.6) is 0 Å². The zero-order valence-corrected chi connectivity index (χ0v) is 10.8. The quantitative estimate of drug-likeness (QED) is 0.668. The third-order valence-corrected chi connectivity index (χ3v) is 2.96. The molecule has 0 fully saturated rings. The SMILES string of the molecule is CCCC[C@H](CC)C(=O)OCc1ccccc1. The zero-order chi connectivity index (χ0) is 12.5. The lowest BCUT2D eigenvalue weighted by atomic mass is 10.00. The smallest absolute Gasteiger partial charge is 0.309 e. The summed E-state index contributed by atoms with van der Waals surface area (Å²) in [5.41, 5.74) is 1.05. The molecule has 0 aliphatic rings. The Balaban J connectivity index is 2.37. The molecule has 1 aromatic rings. The van der Waals surface area contributed by atoms with Crippen molar-refractivity contribution in [2.24, 2.45) is 5.92 Å². The third-order valence-electron chi connectivity index (χ3n) is 2.96. The Morgan fingerprint density at radius 1 is 1.24 bits per heavy atom. The lowest BCUT2D eigenvalue weighted by Crippen LogP contribution is -2.17. The normalized spacial score (nSPS) is 12.1. The minimum atomic E-state index is -0.0511. The van der Waals surface area contributed by atoms with Crippen molar-refractivity contribution in [2.75, 3.05) is 0 Å². The summed E-state index contributed by atoms with van der Waals surface area (Å²) < 4.78 is 5.34. The molecule has 1 atom stereocenters. The number of carbonyl (C=O) groups excluding carboxylic acids is 1. The molecule has 1 aromatic carbocycles. The molecule has 0 aliphatic heterocycles. The fraction of sp³-hybridized carbons (Fsp3) is 0.533. The van der Waals surface area contributed by atoms with Crippen LogP contribution in [0.4, 0.5) is 0 Å². The topological polar surface area (TPSA) is 26.3 Å². The van der Waals surface area contributed by atoms with Crippen LogP contribution in [0.2, 0.25) is 0 Å². The second-order valence-corrected chi connectivity index (χ2v) is 4.34. The van der Waals surface area contributed by atoms with E-state index in [9.17, 15) is 4.79 Å². The van der Waals surface area contributed by atoms with Crippen LogP contribution < -0.4 is 0 Å². The van der Waals surface area contributed by atoms with Gasteiger partial charge < -0.3 is 4.74 Å². The first kappa shape index (κ1) is 13.8. The molecule has 94 valence electrons. The maximum atomic E-state index is 11.8. The minimum absolute atomic E-state index is 0.0511. The van der Waals surface area contributed by atoms with Crippen molar-refractivity contribution in [3.63, 3.8) is 0 Å². The Bertz CT molecular complexity index is 319. The van der Waals surface area contributed by atoms with Gasteiger partial charge in [-0.15, -0.1) is 0 Å². The predicted octanol–water partition coefficient (Wildman–Crippen LogP) is 3.95. The molecule has 0 aliphatic carbocycles. The van der Waals surface area contributed by atoms with Gasteiger partial charge in [0.25, 0.3) is 0 Å². The summed E-state index contributed by atoms with van der Waals surface area (Å²) in [7, 11) is 0. The van der Waals surface area contributed by atoms with Gasteiger partial charge in [0.2, 0.25) is 0 Å². The summed E-state index contributed by atoms with van der Waals surface area (Å²) in [5.74, 6) is 0.0171. The number of unbranched alkanes of at least 4 members (excludes halogenated alkanes) is 1. The summed E-state index contributed by atoms with van der Waals surface area (Å²) in [6, 6.07) is 9.82. The number of esters is 1. The van der Waals surface area contributed by atoms with E-state index >= 15 is 0 Å². The molecule has 0 saturated carbocycles. The second-order valence-electron chi connectivity index (χ2n) is 4.34. The molecule has 0 unspecified atom stereocenters. The van der Waals surface area contributed by atoms with Gasteiger partial charge in [-0.1, -0.05) is 57.0 Å². The van der Waals surface area contributed by atoms with Gasteiger partial charge in [-0.25, -0.2) is 0 Å². The van der Waals surface area contributed by atoms with E-state index in [4.69, 9.17) is 4.74 Å². The number of carbonyl (C=O) groups is 1. The molecule has 1 rings (SSSR count). The molecule has 0 amide bonds. The van der Waals surface area contributed by atoms with Crippen molar-refractivity contribution in [1.29, 1.82) is 0 Å². The predicted molar refractivity (Wildman–Crippen MR) is 69.5 cm³/mol.